The van der Waals surface area contributed by atoms with Gasteiger partial charge in [0, 0.05) is 25.2 Å². The third-order valence-corrected chi connectivity index (χ3v) is 3.72. The van der Waals surface area contributed by atoms with Gasteiger partial charge in [0.1, 0.15) is 0 Å². The third-order valence-electron chi connectivity index (χ3n) is 3.72. The molecule has 0 spiro atoms. The molecule has 0 aromatic heterocycles. The molecule has 0 bridgehead atoms. The summed E-state index contributed by atoms with van der Waals surface area (Å²) in [6.07, 6.45) is 1.05. The number of nitrogens with zero attached hydrogens (tertiary/aromatic N) is 1. The average molecular weight is 246 g/mol. The summed E-state index contributed by atoms with van der Waals surface area (Å²) in [4.78, 5) is 14.4. The molecule has 1 aromatic rings. The highest BCUT2D eigenvalue weighted by Gasteiger charge is 2.25. The lowest BCUT2D eigenvalue weighted by Crippen LogP contribution is -2.38. The minimum atomic E-state index is 0.146. The molecule has 1 amide bonds. The van der Waals surface area contributed by atoms with E-state index in [1.807, 2.05) is 30.1 Å². The SMILES string of the molecule is CC(C)c1ccccc1C(=O)N(C)C1CCNC1. The first-order valence-electron chi connectivity index (χ1n) is 6.68. The minimum absolute atomic E-state index is 0.146. The molecule has 0 aliphatic carbocycles. The monoisotopic (exact) mass is 246 g/mol. The van der Waals surface area contributed by atoms with E-state index < -0.39 is 0 Å². The van der Waals surface area contributed by atoms with Crippen molar-refractivity contribution in [2.75, 3.05) is 20.1 Å². The number of rotatable bonds is 3. The Morgan fingerprint density at radius 3 is 2.72 bits per heavy atom. The fraction of sp³-hybridized carbons (Fsp3) is 0.533. The molecule has 1 fully saturated rings. The van der Waals surface area contributed by atoms with Crippen LogP contribution in [0.4, 0.5) is 0 Å². The van der Waals surface area contributed by atoms with Crippen LogP contribution in [0.2, 0.25) is 0 Å². The van der Waals surface area contributed by atoms with Crippen molar-refractivity contribution in [3.05, 3.63) is 35.4 Å². The summed E-state index contributed by atoms with van der Waals surface area (Å²) in [7, 11) is 1.91. The Balaban J connectivity index is 2.22. The number of nitrogens with one attached hydrogen (secondary N) is 1. The zero-order valence-electron chi connectivity index (χ0n) is 11.4. The van der Waals surface area contributed by atoms with Crippen molar-refractivity contribution < 1.29 is 4.79 Å². The minimum Gasteiger partial charge on any atom is -0.337 e. The third kappa shape index (κ3) is 2.56. The number of carbonyl (C=O) groups is 1. The Labute approximate surface area is 109 Å². The highest BCUT2D eigenvalue weighted by molar-refractivity contribution is 5.96. The summed E-state index contributed by atoms with van der Waals surface area (Å²) >= 11 is 0. The van der Waals surface area contributed by atoms with E-state index in [9.17, 15) is 4.79 Å². The second kappa shape index (κ2) is 5.53. The highest BCUT2D eigenvalue weighted by Crippen LogP contribution is 2.21. The maximum absolute atomic E-state index is 12.6. The van der Waals surface area contributed by atoms with Crippen molar-refractivity contribution in [1.82, 2.24) is 10.2 Å². The lowest BCUT2D eigenvalue weighted by Gasteiger charge is -2.25. The summed E-state index contributed by atoms with van der Waals surface area (Å²) in [6.45, 7) is 6.17. The van der Waals surface area contributed by atoms with Crippen LogP contribution >= 0.6 is 0 Å². The maximum atomic E-state index is 12.6. The van der Waals surface area contributed by atoms with Crippen molar-refractivity contribution in [2.24, 2.45) is 0 Å². The molecule has 1 aliphatic rings. The van der Waals surface area contributed by atoms with Crippen LogP contribution in [0.3, 0.4) is 0 Å². The van der Waals surface area contributed by atoms with E-state index in [1.54, 1.807) is 0 Å². The number of hydrogen-bond donors (Lipinski definition) is 1. The van der Waals surface area contributed by atoms with Crippen LogP contribution in [0.25, 0.3) is 0 Å². The number of likely N-dealkylation sites (N-methyl/N-ethyl adjacent to an activating group) is 1. The summed E-state index contributed by atoms with van der Waals surface area (Å²) < 4.78 is 0. The molecule has 1 aliphatic heterocycles. The largest absolute Gasteiger partial charge is 0.337 e. The molecular weight excluding hydrogens is 224 g/mol. The Hall–Kier alpha value is -1.35. The topological polar surface area (TPSA) is 32.3 Å². The van der Waals surface area contributed by atoms with Gasteiger partial charge >= 0.3 is 0 Å². The van der Waals surface area contributed by atoms with Crippen molar-refractivity contribution in [2.45, 2.75) is 32.2 Å². The number of hydrogen-bond acceptors (Lipinski definition) is 2. The van der Waals surface area contributed by atoms with Crippen LogP contribution in [0.15, 0.2) is 24.3 Å². The summed E-state index contributed by atoms with van der Waals surface area (Å²) in [6, 6.07) is 8.27. The second-order valence-electron chi connectivity index (χ2n) is 5.30. The van der Waals surface area contributed by atoms with Crippen molar-refractivity contribution >= 4 is 5.91 Å². The summed E-state index contributed by atoms with van der Waals surface area (Å²) in [5, 5.41) is 3.30. The molecule has 0 saturated carbocycles. The molecule has 3 heteroatoms. The first kappa shape index (κ1) is 13.1. The fourth-order valence-electron chi connectivity index (χ4n) is 2.52. The van der Waals surface area contributed by atoms with Crippen LogP contribution in [-0.4, -0.2) is 37.0 Å². The number of amides is 1. The predicted octanol–water partition coefficient (Wildman–Crippen LogP) is 2.24. The van der Waals surface area contributed by atoms with E-state index in [0.717, 1.165) is 30.6 Å². The van der Waals surface area contributed by atoms with Gasteiger partial charge in [-0.05, 0) is 30.5 Å². The number of carbonyl (C=O) groups excluding carboxylic acids is 1. The van der Waals surface area contributed by atoms with Crippen molar-refractivity contribution in [3.8, 4) is 0 Å². The highest BCUT2D eigenvalue weighted by atomic mass is 16.2. The second-order valence-corrected chi connectivity index (χ2v) is 5.30. The van der Waals surface area contributed by atoms with Gasteiger partial charge in [0.2, 0.25) is 0 Å². The average Bonchev–Trinajstić information content (AvgIpc) is 2.90. The lowest BCUT2D eigenvalue weighted by atomic mass is 9.96. The Morgan fingerprint density at radius 1 is 1.39 bits per heavy atom. The van der Waals surface area contributed by atoms with Gasteiger partial charge in [-0.2, -0.15) is 0 Å². The van der Waals surface area contributed by atoms with Crippen LogP contribution < -0.4 is 5.32 Å². The first-order chi connectivity index (χ1) is 8.61. The first-order valence-corrected chi connectivity index (χ1v) is 6.68. The van der Waals surface area contributed by atoms with E-state index in [2.05, 4.69) is 25.2 Å². The van der Waals surface area contributed by atoms with Gasteiger partial charge in [-0.3, -0.25) is 4.79 Å². The van der Waals surface area contributed by atoms with E-state index in [1.165, 1.54) is 0 Å². The van der Waals surface area contributed by atoms with Gasteiger partial charge < -0.3 is 10.2 Å². The van der Waals surface area contributed by atoms with Gasteiger partial charge in [0.25, 0.3) is 5.91 Å². The molecule has 1 N–H and O–H groups in total. The number of benzene rings is 1. The van der Waals surface area contributed by atoms with Gasteiger partial charge in [0.15, 0.2) is 0 Å². The molecule has 0 radical (unpaired) electrons. The van der Waals surface area contributed by atoms with E-state index >= 15 is 0 Å². The predicted molar refractivity (Wildman–Crippen MR) is 73.9 cm³/mol. The van der Waals surface area contributed by atoms with E-state index in [-0.39, 0.29) is 5.91 Å². The molecule has 1 unspecified atom stereocenters. The Bertz CT molecular complexity index is 422. The fourth-order valence-corrected chi connectivity index (χ4v) is 2.52. The van der Waals surface area contributed by atoms with Gasteiger partial charge in [-0.15, -0.1) is 0 Å². The molecule has 18 heavy (non-hydrogen) atoms. The van der Waals surface area contributed by atoms with Crippen LogP contribution in [0.5, 0.6) is 0 Å². The molecule has 1 aromatic carbocycles. The smallest absolute Gasteiger partial charge is 0.254 e. The van der Waals surface area contributed by atoms with Gasteiger partial charge in [-0.25, -0.2) is 0 Å². The van der Waals surface area contributed by atoms with Crippen molar-refractivity contribution in [3.63, 3.8) is 0 Å². The quantitative estimate of drug-likeness (QED) is 0.887. The van der Waals surface area contributed by atoms with E-state index in [0.29, 0.717) is 12.0 Å². The summed E-state index contributed by atoms with van der Waals surface area (Å²) in [5.74, 6) is 0.522. The van der Waals surface area contributed by atoms with Gasteiger partial charge in [0.05, 0.1) is 0 Å². The maximum Gasteiger partial charge on any atom is 0.254 e. The zero-order valence-corrected chi connectivity index (χ0v) is 11.4. The Morgan fingerprint density at radius 2 is 2.11 bits per heavy atom. The zero-order chi connectivity index (χ0) is 13.1. The summed E-state index contributed by atoms with van der Waals surface area (Å²) in [5.41, 5.74) is 1.99. The molecule has 98 valence electrons. The molecule has 3 nitrogen and oxygen atoms in total. The molecule has 1 atom stereocenters. The van der Waals surface area contributed by atoms with Crippen molar-refractivity contribution in [1.29, 1.82) is 0 Å². The van der Waals surface area contributed by atoms with Gasteiger partial charge in [-0.1, -0.05) is 32.0 Å². The lowest BCUT2D eigenvalue weighted by molar-refractivity contribution is 0.0742. The van der Waals surface area contributed by atoms with E-state index in [4.69, 9.17) is 0 Å². The molecule has 1 heterocycles. The molecule has 1 saturated heterocycles. The van der Waals surface area contributed by atoms with Crippen LogP contribution in [-0.2, 0) is 0 Å². The van der Waals surface area contributed by atoms with Crippen LogP contribution in [0.1, 0.15) is 42.1 Å². The Kier molecular flexibility index (Phi) is 4.02. The molecular formula is C15H22N2O. The molecule has 2 rings (SSSR count). The van der Waals surface area contributed by atoms with Crippen LogP contribution in [0, 0.1) is 0 Å². The standard InChI is InChI=1S/C15H22N2O/c1-11(2)13-6-4-5-7-14(13)15(18)17(3)12-8-9-16-10-12/h4-7,11-12,16H,8-10H2,1-3H3. The normalized spacial score (nSPS) is 19.2.